The van der Waals surface area contributed by atoms with E-state index in [0.717, 1.165) is 11.1 Å². The van der Waals surface area contributed by atoms with E-state index in [1.54, 1.807) is 48.5 Å². The first-order valence-corrected chi connectivity index (χ1v) is 7.38. The van der Waals surface area contributed by atoms with E-state index in [0.29, 0.717) is 33.9 Å². The molecule has 0 radical (unpaired) electrons. The number of nitrogen functional groups attached to an aromatic ring is 2. The summed E-state index contributed by atoms with van der Waals surface area (Å²) in [5.74, 6) is -0.607. The number of benzene rings is 2. The average molecular weight is 318 g/mol. The minimum atomic E-state index is -0.304. The number of nitrogens with one attached hydrogen (secondary N) is 2. The summed E-state index contributed by atoms with van der Waals surface area (Å²) in [6.45, 7) is 0. The highest BCUT2D eigenvalue weighted by Gasteiger charge is 2.40. The molecule has 2 heterocycles. The molecule has 0 atom stereocenters. The van der Waals surface area contributed by atoms with Gasteiger partial charge in [0.2, 0.25) is 0 Å². The summed E-state index contributed by atoms with van der Waals surface area (Å²) in [6.07, 6.45) is 0. The van der Waals surface area contributed by atoms with Gasteiger partial charge in [0.25, 0.3) is 11.8 Å². The zero-order chi connectivity index (χ0) is 16.8. The lowest BCUT2D eigenvalue weighted by atomic mass is 10.0. The zero-order valence-electron chi connectivity index (χ0n) is 12.6. The highest BCUT2D eigenvalue weighted by molar-refractivity contribution is 6.30. The molecule has 6 nitrogen and oxygen atoms in total. The lowest BCUT2D eigenvalue weighted by Crippen LogP contribution is -2.21. The molecule has 2 aromatic carbocycles. The van der Waals surface area contributed by atoms with Gasteiger partial charge < -0.3 is 22.1 Å². The molecule has 0 unspecified atom stereocenters. The molecule has 2 aliphatic heterocycles. The highest BCUT2D eigenvalue weighted by atomic mass is 16.2. The lowest BCUT2D eigenvalue weighted by Gasteiger charge is -2.07. The first-order chi connectivity index (χ1) is 11.5. The maximum Gasteiger partial charge on any atom is 0.258 e. The Labute approximate surface area is 137 Å². The van der Waals surface area contributed by atoms with Crippen LogP contribution in [0.1, 0.15) is 11.1 Å². The van der Waals surface area contributed by atoms with Crippen LogP contribution in [0.2, 0.25) is 0 Å². The van der Waals surface area contributed by atoms with E-state index in [4.69, 9.17) is 11.5 Å². The number of amides is 2. The van der Waals surface area contributed by atoms with Gasteiger partial charge in [0.1, 0.15) is 0 Å². The van der Waals surface area contributed by atoms with Crippen LogP contribution in [0.25, 0.3) is 11.4 Å². The molecule has 6 N–H and O–H groups in total. The summed E-state index contributed by atoms with van der Waals surface area (Å²) in [6, 6.07) is 14.0. The van der Waals surface area contributed by atoms with E-state index < -0.39 is 0 Å². The minimum Gasteiger partial charge on any atom is -0.399 e. The maximum absolute atomic E-state index is 12.5. The van der Waals surface area contributed by atoms with Crippen LogP contribution in [-0.4, -0.2) is 11.8 Å². The fraction of sp³-hybridized carbons (Fsp3) is 0. The summed E-state index contributed by atoms with van der Waals surface area (Å²) in [4.78, 5) is 24.9. The van der Waals surface area contributed by atoms with Gasteiger partial charge in [0.05, 0.1) is 22.5 Å². The Balaban J connectivity index is 1.88. The predicted octanol–water partition coefficient (Wildman–Crippen LogP) is 1.23. The standard InChI is InChI=1S/C18H14N4O2/c19-11-5-1-9(2-6-11)15-13-14(18(24)21-15)16(22-17(13)23)10-3-7-12(20)8-4-10/h1-8H,19-20H2,(H,21,24)(H,22,23). The van der Waals surface area contributed by atoms with Crippen LogP contribution in [0.3, 0.4) is 0 Å². The molecule has 24 heavy (non-hydrogen) atoms. The molecule has 0 fully saturated rings. The number of fused-ring (bicyclic) bond motifs is 1. The number of nitrogens with two attached hydrogens (primary N) is 2. The summed E-state index contributed by atoms with van der Waals surface area (Å²) in [7, 11) is 0. The molecule has 4 rings (SSSR count). The molecule has 0 aliphatic carbocycles. The summed E-state index contributed by atoms with van der Waals surface area (Å²) < 4.78 is 0. The van der Waals surface area contributed by atoms with Crippen LogP contribution >= 0.6 is 0 Å². The Morgan fingerprint density at radius 2 is 0.917 bits per heavy atom. The van der Waals surface area contributed by atoms with Crippen LogP contribution in [-0.2, 0) is 9.59 Å². The van der Waals surface area contributed by atoms with E-state index >= 15 is 0 Å². The normalized spacial score (nSPS) is 16.3. The number of carbonyl (C=O) groups is 2. The number of hydrogen-bond acceptors (Lipinski definition) is 4. The van der Waals surface area contributed by atoms with Crippen LogP contribution in [0.5, 0.6) is 0 Å². The predicted molar refractivity (Wildman–Crippen MR) is 91.8 cm³/mol. The molecule has 118 valence electrons. The largest absolute Gasteiger partial charge is 0.399 e. The van der Waals surface area contributed by atoms with E-state index in [9.17, 15) is 9.59 Å². The first kappa shape index (κ1) is 14.1. The van der Waals surface area contributed by atoms with Crippen LogP contribution in [0.15, 0.2) is 59.7 Å². The Morgan fingerprint density at radius 1 is 0.583 bits per heavy atom. The number of rotatable bonds is 2. The Morgan fingerprint density at radius 3 is 1.25 bits per heavy atom. The van der Waals surface area contributed by atoms with E-state index in [1.807, 2.05) is 0 Å². The van der Waals surface area contributed by atoms with Gasteiger partial charge in [-0.2, -0.15) is 0 Å². The fourth-order valence-electron chi connectivity index (χ4n) is 2.91. The number of hydrogen-bond donors (Lipinski definition) is 4. The second-order valence-corrected chi connectivity index (χ2v) is 5.65. The van der Waals surface area contributed by atoms with E-state index in [-0.39, 0.29) is 11.8 Å². The Hall–Kier alpha value is -3.54. The average Bonchev–Trinajstić information content (AvgIpc) is 3.08. The summed E-state index contributed by atoms with van der Waals surface area (Å²) >= 11 is 0. The molecule has 0 aromatic heterocycles. The van der Waals surface area contributed by atoms with Gasteiger partial charge in [-0.3, -0.25) is 9.59 Å². The summed E-state index contributed by atoms with van der Waals surface area (Å²) in [5, 5.41) is 5.58. The first-order valence-electron chi connectivity index (χ1n) is 7.38. The van der Waals surface area contributed by atoms with Gasteiger partial charge in [-0.05, 0) is 35.4 Å². The van der Waals surface area contributed by atoms with Crippen molar-refractivity contribution in [1.82, 2.24) is 10.6 Å². The quantitative estimate of drug-likeness (QED) is 0.624. The van der Waals surface area contributed by atoms with Gasteiger partial charge in [-0.1, -0.05) is 24.3 Å². The van der Waals surface area contributed by atoms with E-state index in [2.05, 4.69) is 10.6 Å². The molecule has 0 bridgehead atoms. The third-order valence-electron chi connectivity index (χ3n) is 4.08. The van der Waals surface area contributed by atoms with Gasteiger partial charge in [0.15, 0.2) is 0 Å². The third kappa shape index (κ3) is 2.04. The van der Waals surface area contributed by atoms with Gasteiger partial charge in [-0.25, -0.2) is 0 Å². The molecule has 2 amide bonds. The molecule has 0 saturated carbocycles. The minimum absolute atomic E-state index is 0.304. The van der Waals surface area contributed by atoms with Crippen LogP contribution in [0, 0.1) is 0 Å². The Kier molecular flexibility index (Phi) is 2.93. The van der Waals surface area contributed by atoms with Crippen molar-refractivity contribution < 1.29 is 9.59 Å². The monoisotopic (exact) mass is 318 g/mol. The van der Waals surface area contributed by atoms with Gasteiger partial charge in [-0.15, -0.1) is 0 Å². The summed E-state index contributed by atoms with van der Waals surface area (Å²) in [5.41, 5.74) is 15.8. The molecule has 2 aromatic rings. The van der Waals surface area contributed by atoms with Gasteiger partial charge >= 0.3 is 0 Å². The molecular formula is C18H14N4O2. The maximum atomic E-state index is 12.5. The van der Waals surface area contributed by atoms with Crippen molar-refractivity contribution in [3.63, 3.8) is 0 Å². The smallest absolute Gasteiger partial charge is 0.258 e. The molecule has 6 heteroatoms. The lowest BCUT2D eigenvalue weighted by molar-refractivity contribution is -0.117. The molecular weight excluding hydrogens is 304 g/mol. The highest BCUT2D eigenvalue weighted by Crippen LogP contribution is 2.37. The number of carbonyl (C=O) groups excluding carboxylic acids is 2. The zero-order valence-corrected chi connectivity index (χ0v) is 12.6. The third-order valence-corrected chi connectivity index (χ3v) is 4.08. The molecule has 0 spiro atoms. The van der Waals surface area contributed by atoms with Gasteiger partial charge in [0, 0.05) is 11.4 Å². The topological polar surface area (TPSA) is 110 Å². The second kappa shape index (κ2) is 4.99. The van der Waals surface area contributed by atoms with Crippen LogP contribution in [0.4, 0.5) is 11.4 Å². The van der Waals surface area contributed by atoms with Crippen LogP contribution < -0.4 is 22.1 Å². The van der Waals surface area contributed by atoms with Crippen molar-refractivity contribution in [3.8, 4) is 0 Å². The van der Waals surface area contributed by atoms with E-state index in [1.165, 1.54) is 0 Å². The molecule has 0 saturated heterocycles. The van der Waals surface area contributed by atoms with Crippen molar-refractivity contribution >= 4 is 34.6 Å². The number of anilines is 2. The Bertz CT molecular complexity index is 858. The molecule has 2 aliphatic rings. The van der Waals surface area contributed by atoms with Crippen molar-refractivity contribution in [2.45, 2.75) is 0 Å². The fourth-order valence-corrected chi connectivity index (χ4v) is 2.91. The SMILES string of the molecule is Nc1ccc(C2=C3C(=O)NC(c4ccc(N)cc4)=C3C(=O)N2)cc1. The van der Waals surface area contributed by atoms with Crippen molar-refractivity contribution in [2.24, 2.45) is 0 Å². The van der Waals surface area contributed by atoms with Crippen molar-refractivity contribution in [2.75, 3.05) is 11.5 Å². The van der Waals surface area contributed by atoms with Crippen molar-refractivity contribution in [3.05, 3.63) is 70.8 Å². The second-order valence-electron chi connectivity index (χ2n) is 5.65. The van der Waals surface area contributed by atoms with Crippen molar-refractivity contribution in [1.29, 1.82) is 0 Å².